The smallest absolute Gasteiger partial charge is 0.460 e. The molecule has 1 rings (SSSR count). The quantitative estimate of drug-likeness (QED) is 0.0875. The lowest BCUT2D eigenvalue weighted by Crippen LogP contribution is -2.61. The molecule has 1 aromatic rings. The summed E-state index contributed by atoms with van der Waals surface area (Å²) in [5.74, 6) is -0.923. The van der Waals surface area contributed by atoms with Crippen LogP contribution in [0.1, 0.15) is 40.5 Å². The molecule has 0 aliphatic heterocycles. The third-order valence-corrected chi connectivity index (χ3v) is 28.5. The zero-order valence-corrected chi connectivity index (χ0v) is 35.7. The summed E-state index contributed by atoms with van der Waals surface area (Å²) in [6.45, 7) is 25.4. The zero-order valence-electron chi connectivity index (χ0n) is 29.7. The van der Waals surface area contributed by atoms with Crippen LogP contribution in [0.5, 0.6) is 0 Å². The third-order valence-electron chi connectivity index (χ3n) is 6.50. The second-order valence-corrected chi connectivity index (χ2v) is 37.4. The molecule has 0 radical (unpaired) electrons. The molecule has 1 aromatic heterocycles. The van der Waals surface area contributed by atoms with Crippen molar-refractivity contribution >= 4 is 62.8 Å². The average molecular weight is 741 g/mol. The van der Waals surface area contributed by atoms with E-state index in [1.807, 2.05) is 12.5 Å². The fourth-order valence-corrected chi connectivity index (χ4v) is 34.0. The fourth-order valence-electron chi connectivity index (χ4n) is 5.46. The molecule has 0 saturated carbocycles. The lowest BCUT2D eigenvalue weighted by molar-refractivity contribution is -0.138. The number of nitrogens with zero attached hydrogens (tertiary/aromatic N) is 2. The van der Waals surface area contributed by atoms with Crippen molar-refractivity contribution in [2.24, 2.45) is 0 Å². The van der Waals surface area contributed by atoms with Gasteiger partial charge in [0, 0.05) is 59.1 Å². The van der Waals surface area contributed by atoms with E-state index in [9.17, 15) is 9.59 Å². The molecule has 17 heteroatoms. The molecule has 3 unspecified atom stereocenters. The van der Waals surface area contributed by atoms with Crippen molar-refractivity contribution in [2.75, 3.05) is 13.7 Å². The molecule has 45 heavy (non-hydrogen) atoms. The van der Waals surface area contributed by atoms with Crippen LogP contribution in [0.2, 0.25) is 89.6 Å². The van der Waals surface area contributed by atoms with Gasteiger partial charge in [0.05, 0.1) is 6.33 Å². The van der Waals surface area contributed by atoms with Crippen molar-refractivity contribution in [1.82, 2.24) is 9.55 Å². The summed E-state index contributed by atoms with van der Waals surface area (Å²) >= 11 is 0. The minimum absolute atomic E-state index is 0. The van der Waals surface area contributed by atoms with Crippen molar-refractivity contribution in [3.63, 3.8) is 0 Å². The summed E-state index contributed by atoms with van der Waals surface area (Å²) in [4.78, 5) is 28.2. The number of methoxy groups -OCH3 is 1. The number of aryl methyl sites for hydroxylation is 1. The van der Waals surface area contributed by atoms with Crippen molar-refractivity contribution in [2.45, 2.75) is 137 Å². The van der Waals surface area contributed by atoms with E-state index in [2.05, 4.69) is 68.5 Å². The molecule has 0 aliphatic carbocycles. The van der Waals surface area contributed by atoms with Crippen LogP contribution in [-0.2, 0) is 46.2 Å². The van der Waals surface area contributed by atoms with Gasteiger partial charge in [0.1, 0.15) is 0 Å². The second-order valence-electron chi connectivity index (χ2n) is 14.2. The molecule has 0 bridgehead atoms. The molecule has 0 fully saturated rings. The first-order chi connectivity index (χ1) is 20.0. The number of imidazole rings is 1. The molecule has 264 valence electrons. The van der Waals surface area contributed by atoms with E-state index < -0.39 is 62.8 Å². The Morgan fingerprint density at radius 2 is 1.09 bits per heavy atom. The fraction of sp³-hybridized carbons (Fsp3) is 0.821. The predicted octanol–water partition coefficient (Wildman–Crippen LogP) is 7.49. The number of unbranched alkanes of at least 4 members (excludes halogenated alkanes) is 1. The maximum Gasteiger partial charge on any atom is 0.460 e. The highest BCUT2D eigenvalue weighted by atomic mass is 28.5. The summed E-state index contributed by atoms with van der Waals surface area (Å²) in [5, 5.41) is 0. The molecule has 3 atom stereocenters. The number of ether oxygens (including phenoxy) is 1. The number of carbonyl (C=O) groups is 2. The van der Waals surface area contributed by atoms with Gasteiger partial charge in [-0.25, -0.2) is 4.98 Å². The van der Waals surface area contributed by atoms with Crippen LogP contribution in [0.15, 0.2) is 18.7 Å². The lowest BCUT2D eigenvalue weighted by atomic mass is 10.4. The molecule has 0 aromatic carbocycles. The number of hydrogen-bond acceptors (Lipinski definition) is 10. The van der Waals surface area contributed by atoms with Gasteiger partial charge in [-0.05, 0) is 96.3 Å². The molecule has 0 saturated heterocycles. The van der Waals surface area contributed by atoms with E-state index in [0.29, 0.717) is 18.7 Å². The van der Waals surface area contributed by atoms with Gasteiger partial charge in [-0.1, -0.05) is 7.43 Å². The minimum Gasteiger partial charge on any atom is -0.485 e. The molecule has 1 heterocycles. The maximum absolute atomic E-state index is 12.0. The average Bonchev–Trinajstić information content (AvgIpc) is 3.30. The Balaban J connectivity index is 0.0000194. The molecule has 11 nitrogen and oxygen atoms in total. The Labute approximate surface area is 280 Å². The normalized spacial score (nSPS) is 16.6. The van der Waals surface area contributed by atoms with Crippen molar-refractivity contribution in [3.8, 4) is 0 Å². The molecule has 0 spiro atoms. The highest BCUT2D eigenvalue weighted by molar-refractivity contribution is 6.91. The van der Waals surface area contributed by atoms with Gasteiger partial charge in [-0.15, -0.1) is 0 Å². The van der Waals surface area contributed by atoms with E-state index in [1.54, 1.807) is 19.9 Å². The Kier molecular flexibility index (Phi) is 18.4. The predicted molar refractivity (Wildman–Crippen MR) is 195 cm³/mol. The standard InChI is InChI=1S/C27H60N2O9Si6.CH4/c1-26(30)33-41(10,34-27(2)31)23-24-44(13,36-40(7,8)9)38-43(12,22-16-18-29-19-17-28-25-29)37-42(11,35-39(4,5)6)21-15-14-20-32-3;/h17,19,25H,14-16,18,20-24H2,1-13H3;1H4. The molecular weight excluding hydrogens is 677 g/mol. The van der Waals surface area contributed by atoms with Gasteiger partial charge in [0.2, 0.25) is 0 Å². The Morgan fingerprint density at radius 1 is 0.644 bits per heavy atom. The highest BCUT2D eigenvalue weighted by Gasteiger charge is 2.52. The van der Waals surface area contributed by atoms with Crippen LogP contribution in [-0.4, -0.2) is 86.1 Å². The van der Waals surface area contributed by atoms with E-state index in [4.69, 9.17) is 30.0 Å². The first-order valence-electron chi connectivity index (χ1n) is 15.7. The van der Waals surface area contributed by atoms with Crippen LogP contribution < -0.4 is 0 Å². The highest BCUT2D eigenvalue weighted by Crippen LogP contribution is 2.35. The number of rotatable bonds is 22. The zero-order chi connectivity index (χ0) is 33.9. The minimum atomic E-state index is -3.17. The van der Waals surface area contributed by atoms with E-state index in [-0.39, 0.29) is 7.43 Å². The van der Waals surface area contributed by atoms with Crippen LogP contribution in [0.3, 0.4) is 0 Å². The number of carbonyl (C=O) groups excluding carboxylic acids is 2. The lowest BCUT2D eigenvalue weighted by Gasteiger charge is -2.45. The Morgan fingerprint density at radius 3 is 1.51 bits per heavy atom. The van der Waals surface area contributed by atoms with Crippen LogP contribution >= 0.6 is 0 Å². The van der Waals surface area contributed by atoms with E-state index in [0.717, 1.165) is 37.9 Å². The van der Waals surface area contributed by atoms with Crippen molar-refractivity contribution in [1.29, 1.82) is 0 Å². The van der Waals surface area contributed by atoms with Gasteiger partial charge in [0.15, 0.2) is 16.6 Å². The molecule has 0 aliphatic rings. The SMILES string of the molecule is C.COCCCC[Si](C)(O[Si](C)(C)C)O[Si](C)(CCCn1ccnc1)O[Si](C)(CC[Si](C)(OC(C)=O)OC(C)=O)O[Si](C)(C)C. The summed E-state index contributed by atoms with van der Waals surface area (Å²) in [5.41, 5.74) is 0. The largest absolute Gasteiger partial charge is 0.485 e. The van der Waals surface area contributed by atoms with Crippen LogP contribution in [0.4, 0.5) is 0 Å². The van der Waals surface area contributed by atoms with Gasteiger partial charge in [0.25, 0.3) is 11.9 Å². The third kappa shape index (κ3) is 19.6. The van der Waals surface area contributed by atoms with Crippen molar-refractivity contribution in [3.05, 3.63) is 18.7 Å². The Hall–Kier alpha value is -0.749. The first kappa shape index (κ1) is 44.3. The van der Waals surface area contributed by atoms with Crippen LogP contribution in [0, 0.1) is 0 Å². The summed E-state index contributed by atoms with van der Waals surface area (Å²) in [6, 6.07) is 2.50. The first-order valence-corrected chi connectivity index (χ1v) is 32.6. The van der Waals surface area contributed by atoms with E-state index in [1.165, 1.54) is 13.8 Å². The van der Waals surface area contributed by atoms with Crippen molar-refractivity contribution < 1.29 is 39.6 Å². The summed E-state index contributed by atoms with van der Waals surface area (Å²) in [7, 11) is -14.0. The second kappa shape index (κ2) is 18.7. The topological polar surface area (TPSA) is 117 Å². The monoisotopic (exact) mass is 740 g/mol. The number of hydrogen-bond donors (Lipinski definition) is 0. The maximum atomic E-state index is 12.0. The van der Waals surface area contributed by atoms with Gasteiger partial charge in [-0.2, -0.15) is 0 Å². The molecule has 0 amide bonds. The van der Waals surface area contributed by atoms with Crippen LogP contribution in [0.25, 0.3) is 0 Å². The summed E-state index contributed by atoms with van der Waals surface area (Å²) in [6.07, 6.45) is 8.32. The summed E-state index contributed by atoms with van der Waals surface area (Å²) < 4.78 is 47.1. The Bertz CT molecular complexity index is 1010. The van der Waals surface area contributed by atoms with Gasteiger partial charge < -0.3 is 34.6 Å². The molecular formula is C28H64N2O9Si6. The van der Waals surface area contributed by atoms with Gasteiger partial charge >= 0.3 is 34.2 Å². The van der Waals surface area contributed by atoms with Gasteiger partial charge in [-0.3, -0.25) is 9.59 Å². The van der Waals surface area contributed by atoms with E-state index >= 15 is 0 Å². The number of aromatic nitrogens is 2. The molecule has 0 N–H and O–H groups in total.